The lowest BCUT2D eigenvalue weighted by molar-refractivity contribution is -0.0431. The zero-order chi connectivity index (χ0) is 8.43. The molecular weight excluding hydrogens is 278 g/mol. The van der Waals surface area contributed by atoms with E-state index in [0.717, 1.165) is 0 Å². The van der Waals surface area contributed by atoms with Crippen LogP contribution in [0.15, 0.2) is 21.3 Å². The van der Waals surface area contributed by atoms with E-state index in [1.54, 1.807) is 0 Å². The number of nitrogens with zero attached hydrogens (tertiary/aromatic N) is 1. The van der Waals surface area contributed by atoms with Gasteiger partial charge in [-0.1, -0.05) is 0 Å². The zero-order valence-electron chi connectivity index (χ0n) is 5.33. The van der Waals surface area contributed by atoms with Crippen molar-refractivity contribution in [3.63, 3.8) is 0 Å². The molecular formula is C6H5Br2NO2. The Morgan fingerprint density at radius 1 is 1.36 bits per heavy atom. The van der Waals surface area contributed by atoms with E-state index in [4.69, 9.17) is 10.2 Å². The van der Waals surface area contributed by atoms with Crippen LogP contribution in [0.3, 0.4) is 0 Å². The molecule has 0 spiro atoms. The van der Waals surface area contributed by atoms with Gasteiger partial charge in [0.05, 0.1) is 4.47 Å². The molecule has 1 rings (SSSR count). The van der Waals surface area contributed by atoms with Crippen LogP contribution in [-0.2, 0) is 0 Å². The molecule has 0 aliphatic rings. The Morgan fingerprint density at radius 2 is 2.00 bits per heavy atom. The number of rotatable bonds is 1. The molecule has 0 unspecified atom stereocenters. The third-order valence-corrected chi connectivity index (χ3v) is 3.12. The van der Waals surface area contributed by atoms with Crippen molar-refractivity contribution in [1.82, 2.24) is 4.98 Å². The summed E-state index contributed by atoms with van der Waals surface area (Å²) in [5, 5.41) is 17.6. The molecule has 0 atom stereocenters. The van der Waals surface area contributed by atoms with Gasteiger partial charge in [-0.2, -0.15) is 0 Å². The van der Waals surface area contributed by atoms with Gasteiger partial charge in [-0.05, 0) is 37.9 Å². The summed E-state index contributed by atoms with van der Waals surface area (Å²) in [6.07, 6.45) is 0.0209. The smallest absolute Gasteiger partial charge is 0.179 e. The molecule has 0 saturated heterocycles. The molecule has 0 radical (unpaired) electrons. The summed E-state index contributed by atoms with van der Waals surface area (Å²) in [7, 11) is 0. The molecule has 5 heteroatoms. The number of aliphatic hydroxyl groups is 2. The summed E-state index contributed by atoms with van der Waals surface area (Å²) in [5.41, 5.74) is 0.395. The van der Waals surface area contributed by atoms with Gasteiger partial charge in [0.1, 0.15) is 4.60 Å². The predicted octanol–water partition coefficient (Wildman–Crippen LogP) is 1.59. The third kappa shape index (κ3) is 1.99. The first-order valence-electron chi connectivity index (χ1n) is 2.79. The maximum atomic E-state index is 8.81. The average Bonchev–Trinajstić information content (AvgIpc) is 1.94. The van der Waals surface area contributed by atoms with Crippen LogP contribution in [0.4, 0.5) is 0 Å². The van der Waals surface area contributed by atoms with E-state index in [9.17, 15) is 0 Å². The van der Waals surface area contributed by atoms with Crippen LogP contribution in [0.25, 0.3) is 0 Å². The van der Waals surface area contributed by atoms with Crippen LogP contribution >= 0.6 is 31.9 Å². The van der Waals surface area contributed by atoms with Crippen LogP contribution in [0.2, 0.25) is 0 Å². The molecule has 0 fully saturated rings. The van der Waals surface area contributed by atoms with Gasteiger partial charge >= 0.3 is 0 Å². The van der Waals surface area contributed by atoms with Gasteiger partial charge in [0.25, 0.3) is 0 Å². The van der Waals surface area contributed by atoms with Crippen LogP contribution in [0, 0.1) is 0 Å². The summed E-state index contributed by atoms with van der Waals surface area (Å²) in [4.78, 5) is 3.87. The molecule has 0 aromatic carbocycles. The van der Waals surface area contributed by atoms with E-state index >= 15 is 0 Å². The number of aromatic nitrogens is 1. The molecule has 60 valence electrons. The lowest BCUT2D eigenvalue weighted by Gasteiger charge is -2.05. The summed E-state index contributed by atoms with van der Waals surface area (Å²) < 4.78 is 1.12. The van der Waals surface area contributed by atoms with Crippen molar-refractivity contribution in [3.8, 4) is 0 Å². The fraction of sp³-hybridized carbons (Fsp3) is 0.167. The standard InChI is InChI=1S/C6H5Br2NO2/c7-4-3(6(10)11)1-2-9-5(4)8/h1-2,6,10-11H. The van der Waals surface area contributed by atoms with Gasteiger partial charge in [-0.3, -0.25) is 0 Å². The SMILES string of the molecule is OC(O)c1ccnc(Br)c1Br. The Balaban J connectivity index is 3.17. The predicted molar refractivity (Wildman–Crippen MR) is 46.8 cm³/mol. The minimum absolute atomic E-state index is 0.395. The number of hydrogen-bond donors (Lipinski definition) is 2. The first-order chi connectivity index (χ1) is 5.13. The molecule has 0 amide bonds. The third-order valence-electron chi connectivity index (χ3n) is 1.15. The fourth-order valence-electron chi connectivity index (χ4n) is 0.631. The number of halogens is 2. The summed E-state index contributed by atoms with van der Waals surface area (Å²) in [5.74, 6) is 0. The Hall–Kier alpha value is 0.0300. The van der Waals surface area contributed by atoms with Gasteiger partial charge in [-0.15, -0.1) is 0 Å². The molecule has 0 saturated carbocycles. The van der Waals surface area contributed by atoms with Crippen molar-refractivity contribution in [1.29, 1.82) is 0 Å². The van der Waals surface area contributed by atoms with E-state index in [1.807, 2.05) is 0 Å². The second kappa shape index (κ2) is 3.62. The van der Waals surface area contributed by atoms with Crippen molar-refractivity contribution in [2.24, 2.45) is 0 Å². The minimum atomic E-state index is -1.47. The first kappa shape index (κ1) is 9.12. The molecule has 11 heavy (non-hydrogen) atoms. The molecule has 1 aromatic heterocycles. The maximum Gasteiger partial charge on any atom is 0.179 e. The highest BCUT2D eigenvalue weighted by molar-refractivity contribution is 9.13. The lowest BCUT2D eigenvalue weighted by atomic mass is 10.3. The highest BCUT2D eigenvalue weighted by Gasteiger charge is 2.09. The Bertz CT molecular complexity index is 265. The highest BCUT2D eigenvalue weighted by atomic mass is 79.9. The van der Waals surface area contributed by atoms with E-state index in [0.29, 0.717) is 14.6 Å². The fourth-order valence-corrected chi connectivity index (χ4v) is 1.42. The Kier molecular flexibility index (Phi) is 3.00. The molecule has 3 nitrogen and oxygen atoms in total. The number of hydrogen-bond acceptors (Lipinski definition) is 3. The van der Waals surface area contributed by atoms with Crippen molar-refractivity contribution in [2.75, 3.05) is 0 Å². The first-order valence-corrected chi connectivity index (χ1v) is 4.37. The average molecular weight is 283 g/mol. The van der Waals surface area contributed by atoms with E-state index < -0.39 is 6.29 Å². The monoisotopic (exact) mass is 281 g/mol. The molecule has 1 aromatic rings. The van der Waals surface area contributed by atoms with Crippen LogP contribution < -0.4 is 0 Å². The van der Waals surface area contributed by atoms with E-state index in [2.05, 4.69) is 36.8 Å². The second-order valence-corrected chi connectivity index (χ2v) is 3.42. The quantitative estimate of drug-likeness (QED) is 0.608. The van der Waals surface area contributed by atoms with E-state index in [1.165, 1.54) is 12.3 Å². The van der Waals surface area contributed by atoms with Crippen molar-refractivity contribution in [3.05, 3.63) is 26.9 Å². The number of aliphatic hydroxyl groups excluding tert-OH is 1. The van der Waals surface area contributed by atoms with Gasteiger partial charge in [0, 0.05) is 11.8 Å². The van der Waals surface area contributed by atoms with Crippen LogP contribution in [0.5, 0.6) is 0 Å². The van der Waals surface area contributed by atoms with Gasteiger partial charge in [0.2, 0.25) is 0 Å². The Labute approximate surface area is 80.3 Å². The number of pyridine rings is 1. The normalized spacial score (nSPS) is 10.6. The maximum absolute atomic E-state index is 8.81. The van der Waals surface area contributed by atoms with Crippen molar-refractivity contribution < 1.29 is 10.2 Å². The van der Waals surface area contributed by atoms with Gasteiger partial charge in [0.15, 0.2) is 6.29 Å². The van der Waals surface area contributed by atoms with Crippen molar-refractivity contribution >= 4 is 31.9 Å². The second-order valence-electron chi connectivity index (χ2n) is 1.88. The van der Waals surface area contributed by atoms with Gasteiger partial charge in [-0.25, -0.2) is 4.98 Å². The molecule has 2 N–H and O–H groups in total. The van der Waals surface area contributed by atoms with Gasteiger partial charge < -0.3 is 10.2 Å². The summed E-state index contributed by atoms with van der Waals surface area (Å²) >= 11 is 6.29. The zero-order valence-corrected chi connectivity index (χ0v) is 8.50. The minimum Gasteiger partial charge on any atom is -0.364 e. The Morgan fingerprint density at radius 3 is 2.45 bits per heavy atom. The van der Waals surface area contributed by atoms with Crippen LogP contribution in [0.1, 0.15) is 11.9 Å². The molecule has 0 aliphatic heterocycles. The molecule has 1 heterocycles. The topological polar surface area (TPSA) is 53.4 Å². The van der Waals surface area contributed by atoms with Crippen molar-refractivity contribution in [2.45, 2.75) is 6.29 Å². The lowest BCUT2D eigenvalue weighted by Crippen LogP contribution is -1.97. The highest BCUT2D eigenvalue weighted by Crippen LogP contribution is 2.27. The molecule has 0 aliphatic carbocycles. The summed E-state index contributed by atoms with van der Waals surface area (Å²) in [6.45, 7) is 0. The van der Waals surface area contributed by atoms with Crippen LogP contribution in [-0.4, -0.2) is 15.2 Å². The largest absolute Gasteiger partial charge is 0.364 e. The van der Waals surface area contributed by atoms with E-state index in [-0.39, 0.29) is 0 Å². The molecule has 0 bridgehead atoms. The summed E-state index contributed by atoms with van der Waals surface area (Å²) in [6, 6.07) is 1.53.